The minimum absolute atomic E-state index is 0.255. The summed E-state index contributed by atoms with van der Waals surface area (Å²) >= 11 is 0. The first kappa shape index (κ1) is 17.3. The Morgan fingerprint density at radius 1 is 1.12 bits per heavy atom. The number of aromatic nitrogens is 2. The summed E-state index contributed by atoms with van der Waals surface area (Å²) in [7, 11) is 0. The molecule has 2 aromatic carbocycles. The summed E-state index contributed by atoms with van der Waals surface area (Å²) in [6.45, 7) is 1.86. The van der Waals surface area contributed by atoms with Gasteiger partial charge in [0.05, 0.1) is 0 Å². The van der Waals surface area contributed by atoms with Crippen molar-refractivity contribution in [3.63, 3.8) is 0 Å². The average molecular weight is 349 g/mol. The molecule has 0 aliphatic heterocycles. The molecular formula is C20H16FN3O2. The third-order valence-corrected chi connectivity index (χ3v) is 3.50. The zero-order chi connectivity index (χ0) is 18.4. The second-order valence-electron chi connectivity index (χ2n) is 5.48. The Labute approximate surface area is 150 Å². The van der Waals surface area contributed by atoms with E-state index in [4.69, 9.17) is 4.74 Å². The smallest absolute Gasteiger partial charge is 0.321 e. The number of amides is 1. The van der Waals surface area contributed by atoms with Gasteiger partial charge in [-0.3, -0.25) is 4.79 Å². The Hall–Kier alpha value is -3.54. The lowest BCUT2D eigenvalue weighted by Gasteiger charge is -2.09. The number of benzene rings is 2. The maximum absolute atomic E-state index is 12.9. The number of rotatable bonds is 5. The number of carbonyl (C=O) groups excluding carboxylic acids is 1. The van der Waals surface area contributed by atoms with Gasteiger partial charge < -0.3 is 10.1 Å². The molecule has 1 heterocycles. The van der Waals surface area contributed by atoms with Crippen molar-refractivity contribution in [2.24, 2.45) is 0 Å². The van der Waals surface area contributed by atoms with Crippen LogP contribution in [-0.4, -0.2) is 15.9 Å². The number of nitrogens with one attached hydrogen (secondary N) is 1. The van der Waals surface area contributed by atoms with Gasteiger partial charge in [-0.1, -0.05) is 12.1 Å². The van der Waals surface area contributed by atoms with Crippen molar-refractivity contribution < 1.29 is 13.9 Å². The number of hydrogen-bond donors (Lipinski definition) is 1. The molecule has 0 radical (unpaired) electrons. The van der Waals surface area contributed by atoms with Gasteiger partial charge in [-0.05, 0) is 60.5 Å². The van der Waals surface area contributed by atoms with Crippen LogP contribution < -0.4 is 10.1 Å². The van der Waals surface area contributed by atoms with E-state index >= 15 is 0 Å². The molecule has 0 bridgehead atoms. The number of hydrogen-bond acceptors (Lipinski definition) is 4. The molecule has 1 amide bonds. The second-order valence-corrected chi connectivity index (χ2v) is 5.48. The van der Waals surface area contributed by atoms with Gasteiger partial charge in [-0.15, -0.1) is 0 Å². The van der Waals surface area contributed by atoms with Crippen molar-refractivity contribution in [2.75, 3.05) is 5.32 Å². The van der Waals surface area contributed by atoms with Crippen LogP contribution in [0, 0.1) is 12.7 Å². The van der Waals surface area contributed by atoms with Crippen LogP contribution in [0.4, 0.5) is 10.1 Å². The monoisotopic (exact) mass is 349 g/mol. The summed E-state index contributed by atoms with van der Waals surface area (Å²) in [5.74, 6) is -0.0172. The summed E-state index contributed by atoms with van der Waals surface area (Å²) in [5, 5.41) is 2.80. The Bertz CT molecular complexity index is 926. The van der Waals surface area contributed by atoms with Gasteiger partial charge >= 0.3 is 6.01 Å². The van der Waals surface area contributed by atoms with E-state index in [9.17, 15) is 9.18 Å². The first-order valence-electron chi connectivity index (χ1n) is 7.90. The highest BCUT2D eigenvalue weighted by molar-refractivity contribution is 6.02. The lowest BCUT2D eigenvalue weighted by molar-refractivity contribution is -0.111. The van der Waals surface area contributed by atoms with Crippen molar-refractivity contribution >= 4 is 17.7 Å². The lowest BCUT2D eigenvalue weighted by atomic mass is 10.2. The first-order chi connectivity index (χ1) is 12.6. The predicted octanol–water partition coefficient (Wildman–Crippen LogP) is 4.37. The maximum Gasteiger partial charge on any atom is 0.321 e. The number of aryl methyl sites for hydroxylation is 1. The molecule has 26 heavy (non-hydrogen) atoms. The quantitative estimate of drug-likeness (QED) is 0.695. The second kappa shape index (κ2) is 8.02. The van der Waals surface area contributed by atoms with Gasteiger partial charge in [-0.25, -0.2) is 14.4 Å². The fraction of sp³-hybridized carbons (Fsp3) is 0.0500. The van der Waals surface area contributed by atoms with Gasteiger partial charge in [0.2, 0.25) is 5.91 Å². The van der Waals surface area contributed by atoms with Crippen molar-refractivity contribution in [2.45, 2.75) is 6.92 Å². The van der Waals surface area contributed by atoms with E-state index in [0.717, 1.165) is 11.1 Å². The van der Waals surface area contributed by atoms with Gasteiger partial charge in [0, 0.05) is 24.2 Å². The molecule has 3 aromatic rings. The average Bonchev–Trinajstić information content (AvgIpc) is 2.64. The number of nitrogens with zero attached hydrogens (tertiary/aromatic N) is 2. The highest BCUT2D eigenvalue weighted by Crippen LogP contribution is 2.24. The fourth-order valence-electron chi connectivity index (χ4n) is 2.20. The zero-order valence-electron chi connectivity index (χ0n) is 14.0. The van der Waals surface area contributed by atoms with Crippen LogP contribution in [-0.2, 0) is 4.79 Å². The number of halogens is 1. The lowest BCUT2D eigenvalue weighted by Crippen LogP contribution is -2.09. The molecule has 5 nitrogen and oxygen atoms in total. The van der Waals surface area contributed by atoms with Crippen molar-refractivity contribution in [3.8, 4) is 11.8 Å². The molecule has 0 fully saturated rings. The van der Waals surface area contributed by atoms with E-state index in [-0.39, 0.29) is 17.7 Å². The van der Waals surface area contributed by atoms with Crippen LogP contribution in [0.15, 0.2) is 67.0 Å². The number of carbonyl (C=O) groups is 1. The molecule has 0 spiro atoms. The zero-order valence-corrected chi connectivity index (χ0v) is 14.0. The van der Waals surface area contributed by atoms with Crippen LogP contribution in [0.1, 0.15) is 11.1 Å². The largest absolute Gasteiger partial charge is 0.424 e. The summed E-state index contributed by atoms with van der Waals surface area (Å²) in [4.78, 5) is 20.1. The Morgan fingerprint density at radius 2 is 1.85 bits per heavy atom. The molecule has 0 aliphatic rings. The Morgan fingerprint density at radius 3 is 2.54 bits per heavy atom. The van der Waals surface area contributed by atoms with Crippen LogP contribution in [0.5, 0.6) is 11.8 Å². The minimum atomic E-state index is -0.314. The van der Waals surface area contributed by atoms with Gasteiger partial charge in [0.25, 0.3) is 0 Å². The maximum atomic E-state index is 12.9. The molecule has 0 saturated carbocycles. The number of anilines is 1. The molecule has 0 saturated heterocycles. The van der Waals surface area contributed by atoms with Crippen LogP contribution >= 0.6 is 0 Å². The molecule has 0 aliphatic carbocycles. The molecular weight excluding hydrogens is 333 g/mol. The van der Waals surface area contributed by atoms with Crippen LogP contribution in [0.25, 0.3) is 6.08 Å². The Kier molecular flexibility index (Phi) is 5.34. The van der Waals surface area contributed by atoms with Gasteiger partial charge in [0.15, 0.2) is 0 Å². The molecule has 0 atom stereocenters. The summed E-state index contributed by atoms with van der Waals surface area (Å²) in [6, 6.07) is 13.1. The van der Waals surface area contributed by atoms with Crippen molar-refractivity contribution in [1.82, 2.24) is 9.97 Å². The van der Waals surface area contributed by atoms with E-state index < -0.39 is 0 Å². The van der Waals surface area contributed by atoms with Crippen molar-refractivity contribution in [3.05, 3.63) is 83.9 Å². The SMILES string of the molecule is Cc1cc(Oc2ncccn2)ccc1NC(=O)/C=C/c1ccc(F)cc1. The predicted molar refractivity (Wildman–Crippen MR) is 97.3 cm³/mol. The minimum Gasteiger partial charge on any atom is -0.424 e. The molecule has 130 valence electrons. The Balaban J connectivity index is 1.64. The van der Waals surface area contributed by atoms with E-state index in [0.29, 0.717) is 11.4 Å². The van der Waals surface area contributed by atoms with Crippen molar-refractivity contribution in [1.29, 1.82) is 0 Å². The third kappa shape index (κ3) is 4.73. The third-order valence-electron chi connectivity index (χ3n) is 3.50. The molecule has 1 aromatic heterocycles. The van der Waals surface area contributed by atoms with Crippen LogP contribution in [0.3, 0.4) is 0 Å². The first-order valence-corrected chi connectivity index (χ1v) is 7.90. The van der Waals surface area contributed by atoms with E-state index in [1.54, 1.807) is 54.9 Å². The van der Waals surface area contributed by atoms with Gasteiger partial charge in [-0.2, -0.15) is 0 Å². The fourth-order valence-corrected chi connectivity index (χ4v) is 2.20. The summed E-state index contributed by atoms with van der Waals surface area (Å²) in [5.41, 5.74) is 2.24. The van der Waals surface area contributed by atoms with E-state index in [1.165, 1.54) is 18.2 Å². The van der Waals surface area contributed by atoms with Gasteiger partial charge in [0.1, 0.15) is 11.6 Å². The van der Waals surface area contributed by atoms with Crippen LogP contribution in [0.2, 0.25) is 0 Å². The van der Waals surface area contributed by atoms with E-state index in [1.807, 2.05) is 6.92 Å². The number of ether oxygens (including phenoxy) is 1. The molecule has 6 heteroatoms. The molecule has 1 N–H and O–H groups in total. The highest BCUT2D eigenvalue weighted by atomic mass is 19.1. The topological polar surface area (TPSA) is 64.1 Å². The standard InChI is InChI=1S/C20H16FN3O2/c1-14-13-17(26-20-22-11-2-12-23-20)8-9-18(14)24-19(25)10-5-15-3-6-16(21)7-4-15/h2-13H,1H3,(H,24,25)/b10-5+. The molecule has 0 unspecified atom stereocenters. The normalized spacial score (nSPS) is 10.7. The highest BCUT2D eigenvalue weighted by Gasteiger charge is 2.05. The molecule has 3 rings (SSSR count). The summed E-state index contributed by atoms with van der Waals surface area (Å²) < 4.78 is 18.4. The van der Waals surface area contributed by atoms with E-state index in [2.05, 4.69) is 15.3 Å². The summed E-state index contributed by atoms with van der Waals surface area (Å²) in [6.07, 6.45) is 6.21.